The maximum Gasteiger partial charge on any atom is 0.561 e. The monoisotopic (exact) mass is 224 g/mol. The van der Waals surface area contributed by atoms with Crippen molar-refractivity contribution in [3.63, 3.8) is 0 Å². The predicted octanol–water partition coefficient (Wildman–Crippen LogP) is 2.86. The molecule has 1 aromatic rings. The number of hydrogen-bond acceptors (Lipinski definition) is 4. The fourth-order valence-electron chi connectivity index (χ4n) is 0.719. The van der Waals surface area contributed by atoms with Gasteiger partial charge in [-0.05, 0) is 16.7 Å². The lowest BCUT2D eigenvalue weighted by Gasteiger charge is -2.11. The Kier molecular flexibility index (Phi) is 3.57. The number of benzene rings is 1. The molecule has 0 fully saturated rings. The topological polar surface area (TPSA) is 44.8 Å². The summed E-state index contributed by atoms with van der Waals surface area (Å²) in [6.07, 6.45) is 0. The van der Waals surface area contributed by atoms with Gasteiger partial charge in [-0.2, -0.15) is 0 Å². The Labute approximate surface area is 78.9 Å². The number of halogens is 2. The van der Waals surface area contributed by atoms with Crippen molar-refractivity contribution in [2.24, 2.45) is 0 Å². The van der Waals surface area contributed by atoms with Crippen molar-refractivity contribution in [2.45, 2.75) is 0 Å². The highest BCUT2D eigenvalue weighted by atomic mass is 31.2. The highest BCUT2D eigenvalue weighted by molar-refractivity contribution is 7.48. The van der Waals surface area contributed by atoms with Crippen LogP contribution in [0, 0.1) is 5.82 Å². The molecule has 0 aliphatic heterocycles. The summed E-state index contributed by atoms with van der Waals surface area (Å²) in [6.45, 7) is 0. The first kappa shape index (κ1) is 11.1. The predicted molar refractivity (Wildman–Crippen MR) is 43.8 cm³/mol. The molecule has 0 saturated carbocycles. The minimum absolute atomic E-state index is 0.407. The Hall–Kier alpha value is -0.970. The first-order valence-electron chi connectivity index (χ1n) is 3.51. The van der Waals surface area contributed by atoms with Gasteiger partial charge in [0.1, 0.15) is 0 Å². The van der Waals surface area contributed by atoms with E-state index in [-0.39, 0.29) is 0 Å². The zero-order valence-corrected chi connectivity index (χ0v) is 8.04. The summed E-state index contributed by atoms with van der Waals surface area (Å²) in [5, 5.41) is 0. The van der Waals surface area contributed by atoms with E-state index in [1.54, 1.807) is 0 Å². The molecule has 0 saturated heterocycles. The van der Waals surface area contributed by atoms with E-state index in [2.05, 4.69) is 13.8 Å². The highest BCUT2D eigenvalue weighted by Gasteiger charge is 2.29. The molecule has 1 unspecified atom stereocenters. The minimum Gasteiger partial charge on any atom is -0.399 e. The van der Waals surface area contributed by atoms with Gasteiger partial charge in [0, 0.05) is 7.11 Å². The molecule has 0 amide bonds. The van der Waals surface area contributed by atoms with Crippen LogP contribution < -0.4 is 4.52 Å². The number of rotatable bonds is 4. The Balaban J connectivity index is 2.88. The summed E-state index contributed by atoms with van der Waals surface area (Å²) in [5.74, 6) is -1.20. The Morgan fingerprint density at radius 2 is 2.00 bits per heavy atom. The molecule has 0 radical (unpaired) electrons. The highest BCUT2D eigenvalue weighted by Crippen LogP contribution is 2.49. The second-order valence-corrected chi connectivity index (χ2v) is 3.80. The molecule has 1 aromatic carbocycles. The summed E-state index contributed by atoms with van der Waals surface area (Å²) in [6, 6.07) is 5.06. The van der Waals surface area contributed by atoms with E-state index in [1.807, 2.05) is 0 Å². The number of phosphoric acid groups is 1. The van der Waals surface area contributed by atoms with Crippen LogP contribution in [0.3, 0.4) is 0 Å². The number of phosphoric ester groups is 1. The van der Waals surface area contributed by atoms with Gasteiger partial charge in [0.2, 0.25) is 0 Å². The summed E-state index contributed by atoms with van der Waals surface area (Å²) in [4.78, 5) is 0. The summed E-state index contributed by atoms with van der Waals surface area (Å²) < 4.78 is 47.2. The Bertz CT molecular complexity index is 349. The zero-order chi connectivity index (χ0) is 10.6. The SMILES string of the molecule is COP(=O)(OF)Oc1ccccc1F. The van der Waals surface area contributed by atoms with E-state index in [9.17, 15) is 13.5 Å². The molecule has 1 rings (SSSR count). The molecule has 0 aromatic heterocycles. The fraction of sp³-hybridized carbons (Fsp3) is 0.143. The van der Waals surface area contributed by atoms with Crippen molar-refractivity contribution in [3.05, 3.63) is 30.1 Å². The average molecular weight is 224 g/mol. The van der Waals surface area contributed by atoms with Crippen molar-refractivity contribution >= 4 is 7.82 Å². The van der Waals surface area contributed by atoms with E-state index >= 15 is 0 Å². The van der Waals surface area contributed by atoms with Gasteiger partial charge < -0.3 is 4.52 Å². The standard InChI is InChI=1S/C7H7F2O4P/c1-11-14(10,13-9)12-7-5-3-2-4-6(7)8/h2-5H,1H3. The van der Waals surface area contributed by atoms with Gasteiger partial charge >= 0.3 is 7.82 Å². The molecule has 0 aliphatic rings. The third-order valence-electron chi connectivity index (χ3n) is 1.35. The van der Waals surface area contributed by atoms with E-state index in [0.29, 0.717) is 0 Å². The smallest absolute Gasteiger partial charge is 0.399 e. The Morgan fingerprint density at radius 1 is 1.36 bits per heavy atom. The van der Waals surface area contributed by atoms with Gasteiger partial charge in [-0.15, -0.1) is 0 Å². The maximum atomic E-state index is 12.9. The molecule has 1 atom stereocenters. The maximum absolute atomic E-state index is 12.9. The molecule has 0 N–H and O–H groups in total. The van der Waals surface area contributed by atoms with Gasteiger partial charge in [0.25, 0.3) is 0 Å². The molecule has 0 heterocycles. The van der Waals surface area contributed by atoms with Gasteiger partial charge in [-0.25, -0.2) is 8.96 Å². The van der Waals surface area contributed by atoms with E-state index in [1.165, 1.54) is 18.2 Å². The third-order valence-corrected chi connectivity index (χ3v) is 2.39. The average Bonchev–Trinajstić information content (AvgIpc) is 2.21. The first-order chi connectivity index (χ1) is 6.61. The largest absolute Gasteiger partial charge is 0.561 e. The Morgan fingerprint density at radius 3 is 2.50 bits per heavy atom. The molecule has 7 heteroatoms. The second kappa shape index (κ2) is 4.50. The van der Waals surface area contributed by atoms with E-state index in [4.69, 9.17) is 0 Å². The lowest BCUT2D eigenvalue weighted by Crippen LogP contribution is -1.97. The van der Waals surface area contributed by atoms with Crippen molar-refractivity contribution in [1.82, 2.24) is 0 Å². The van der Waals surface area contributed by atoms with E-state index < -0.39 is 19.4 Å². The van der Waals surface area contributed by atoms with Crippen LogP contribution in [0.1, 0.15) is 0 Å². The van der Waals surface area contributed by atoms with Crippen LogP contribution in [0.4, 0.5) is 8.92 Å². The van der Waals surface area contributed by atoms with Crippen LogP contribution >= 0.6 is 7.82 Å². The van der Waals surface area contributed by atoms with Gasteiger partial charge in [0.15, 0.2) is 11.6 Å². The van der Waals surface area contributed by atoms with Crippen LogP contribution in [0.15, 0.2) is 24.3 Å². The van der Waals surface area contributed by atoms with Crippen LogP contribution in [0.2, 0.25) is 0 Å². The summed E-state index contributed by atoms with van der Waals surface area (Å²) in [5.41, 5.74) is 0. The molecule has 4 nitrogen and oxygen atoms in total. The first-order valence-corrected chi connectivity index (χ1v) is 4.97. The van der Waals surface area contributed by atoms with Gasteiger partial charge in [-0.3, -0.25) is 4.52 Å². The molecule has 0 aliphatic carbocycles. The molecule has 0 spiro atoms. The van der Waals surface area contributed by atoms with Crippen LogP contribution in [-0.4, -0.2) is 7.11 Å². The van der Waals surface area contributed by atoms with Crippen LogP contribution in [-0.2, 0) is 13.8 Å². The van der Waals surface area contributed by atoms with Gasteiger partial charge in [-0.1, -0.05) is 16.9 Å². The lowest BCUT2D eigenvalue weighted by molar-refractivity contribution is -0.0411. The molecule has 0 bridgehead atoms. The number of para-hydroxylation sites is 1. The molecular weight excluding hydrogens is 217 g/mol. The molecule has 14 heavy (non-hydrogen) atoms. The number of hydrogen-bond donors (Lipinski definition) is 0. The van der Waals surface area contributed by atoms with Crippen LogP contribution in [0.25, 0.3) is 0 Å². The van der Waals surface area contributed by atoms with Gasteiger partial charge in [0.05, 0.1) is 0 Å². The quantitative estimate of drug-likeness (QED) is 0.737. The summed E-state index contributed by atoms with van der Waals surface area (Å²) >= 11 is 0. The van der Waals surface area contributed by atoms with E-state index in [0.717, 1.165) is 13.2 Å². The normalized spacial score (nSPS) is 14.8. The van der Waals surface area contributed by atoms with Crippen molar-refractivity contribution in [2.75, 3.05) is 7.11 Å². The third kappa shape index (κ3) is 2.51. The van der Waals surface area contributed by atoms with Crippen molar-refractivity contribution in [3.8, 4) is 5.75 Å². The zero-order valence-electron chi connectivity index (χ0n) is 7.15. The van der Waals surface area contributed by atoms with Crippen molar-refractivity contribution < 1.29 is 27.3 Å². The van der Waals surface area contributed by atoms with Crippen LogP contribution in [0.5, 0.6) is 5.75 Å². The van der Waals surface area contributed by atoms with Crippen molar-refractivity contribution in [1.29, 1.82) is 0 Å². The summed E-state index contributed by atoms with van der Waals surface area (Å²) in [7, 11) is -3.42. The molecule has 78 valence electrons. The lowest BCUT2D eigenvalue weighted by atomic mass is 10.3. The fourth-order valence-corrected chi connectivity index (χ4v) is 1.27. The molecular formula is C7H7F2O4P. The minimum atomic E-state index is -4.34. The second-order valence-electron chi connectivity index (χ2n) is 2.22.